The van der Waals surface area contributed by atoms with Crippen molar-refractivity contribution in [3.05, 3.63) is 131 Å². The first kappa shape index (κ1) is 26.5. The van der Waals surface area contributed by atoms with Gasteiger partial charge in [0.05, 0.1) is 22.4 Å². The number of nitrogens with zero attached hydrogens (tertiary/aromatic N) is 4. The molecule has 6 rings (SSSR count). The van der Waals surface area contributed by atoms with Gasteiger partial charge in [-0.2, -0.15) is 0 Å². The maximum atomic E-state index is 6.03. The number of aryl methyl sites for hydroxylation is 1. The van der Waals surface area contributed by atoms with Gasteiger partial charge in [-0.15, -0.1) is 0 Å². The van der Waals surface area contributed by atoms with Crippen molar-refractivity contribution in [1.82, 2.24) is 9.97 Å². The highest BCUT2D eigenvalue weighted by molar-refractivity contribution is 6.31. The van der Waals surface area contributed by atoms with Crippen molar-refractivity contribution in [2.45, 2.75) is 6.92 Å². The number of anilines is 4. The van der Waals surface area contributed by atoms with E-state index in [0.29, 0.717) is 5.02 Å². The Balaban J connectivity index is 0.000000158. The van der Waals surface area contributed by atoms with Crippen molar-refractivity contribution < 1.29 is 0 Å². The molecule has 0 N–H and O–H groups in total. The molecule has 6 aromatic rings. The summed E-state index contributed by atoms with van der Waals surface area (Å²) >= 11 is 12.0. The molecule has 0 saturated heterocycles. The van der Waals surface area contributed by atoms with Crippen LogP contribution in [0.1, 0.15) is 5.56 Å². The van der Waals surface area contributed by atoms with Gasteiger partial charge < -0.3 is 9.80 Å². The Bertz CT molecular complexity index is 1710. The van der Waals surface area contributed by atoms with Gasteiger partial charge in [0.25, 0.3) is 0 Å². The highest BCUT2D eigenvalue weighted by Crippen LogP contribution is 2.32. The van der Waals surface area contributed by atoms with Gasteiger partial charge in [-0.25, -0.2) is 0 Å². The molecule has 0 spiro atoms. The zero-order valence-corrected chi connectivity index (χ0v) is 23.5. The number of fused-ring (bicyclic) bond motifs is 2. The van der Waals surface area contributed by atoms with Crippen LogP contribution in [-0.2, 0) is 0 Å². The van der Waals surface area contributed by atoms with Crippen LogP contribution in [0.2, 0.25) is 10.0 Å². The van der Waals surface area contributed by atoms with Gasteiger partial charge >= 0.3 is 0 Å². The van der Waals surface area contributed by atoms with Gasteiger partial charge in [0, 0.05) is 58.7 Å². The third-order valence-corrected chi connectivity index (χ3v) is 7.15. The van der Waals surface area contributed by atoms with Crippen LogP contribution in [0.4, 0.5) is 22.7 Å². The van der Waals surface area contributed by atoms with Gasteiger partial charge in [-0.3, -0.25) is 9.97 Å². The quantitative estimate of drug-likeness (QED) is 0.218. The second-order valence-corrected chi connectivity index (χ2v) is 10.1. The largest absolute Gasteiger partial charge is 0.344 e. The molecule has 4 aromatic carbocycles. The molecule has 0 amide bonds. The van der Waals surface area contributed by atoms with Crippen LogP contribution in [0.5, 0.6) is 0 Å². The second kappa shape index (κ2) is 11.7. The molecule has 0 aliphatic carbocycles. The van der Waals surface area contributed by atoms with Crippen molar-refractivity contribution in [3.63, 3.8) is 0 Å². The normalized spacial score (nSPS) is 10.7. The Morgan fingerprint density at radius 1 is 0.538 bits per heavy atom. The smallest absolute Gasteiger partial charge is 0.0737 e. The molecule has 0 unspecified atom stereocenters. The predicted octanol–water partition coefficient (Wildman–Crippen LogP) is 9.62. The van der Waals surface area contributed by atoms with E-state index in [2.05, 4.69) is 64.1 Å². The van der Waals surface area contributed by atoms with E-state index in [1.54, 1.807) is 0 Å². The van der Waals surface area contributed by atoms with Crippen LogP contribution < -0.4 is 9.80 Å². The summed E-state index contributed by atoms with van der Waals surface area (Å²) in [5.41, 5.74) is 7.67. The third-order valence-electron chi connectivity index (χ3n) is 6.67. The van der Waals surface area contributed by atoms with Gasteiger partial charge in [-0.1, -0.05) is 59.1 Å². The summed E-state index contributed by atoms with van der Waals surface area (Å²) in [5.74, 6) is 0. The average molecular weight is 552 g/mol. The van der Waals surface area contributed by atoms with Gasteiger partial charge in [0.2, 0.25) is 0 Å². The fourth-order valence-corrected chi connectivity index (χ4v) is 4.78. The van der Waals surface area contributed by atoms with E-state index >= 15 is 0 Å². The van der Waals surface area contributed by atoms with E-state index in [1.165, 1.54) is 5.56 Å². The Morgan fingerprint density at radius 3 is 1.69 bits per heavy atom. The summed E-state index contributed by atoms with van der Waals surface area (Å²) in [7, 11) is 4.11. The lowest BCUT2D eigenvalue weighted by molar-refractivity contribution is 1.21. The summed E-state index contributed by atoms with van der Waals surface area (Å²) in [5, 5.41) is 3.69. The molecule has 0 saturated carbocycles. The maximum absolute atomic E-state index is 6.03. The van der Waals surface area contributed by atoms with E-state index in [-0.39, 0.29) is 0 Å². The monoisotopic (exact) mass is 550 g/mol. The van der Waals surface area contributed by atoms with E-state index in [0.717, 1.165) is 49.6 Å². The number of rotatable bonds is 4. The number of para-hydroxylation sites is 1. The van der Waals surface area contributed by atoms with E-state index in [9.17, 15) is 0 Å². The van der Waals surface area contributed by atoms with Gasteiger partial charge in [0.1, 0.15) is 0 Å². The zero-order valence-electron chi connectivity index (χ0n) is 22.0. The summed E-state index contributed by atoms with van der Waals surface area (Å²) in [6.45, 7) is 2.09. The number of pyridine rings is 2. The number of hydrogen-bond donors (Lipinski definition) is 0. The van der Waals surface area contributed by atoms with Crippen LogP contribution in [0, 0.1) is 6.92 Å². The van der Waals surface area contributed by atoms with E-state index in [4.69, 9.17) is 23.2 Å². The third kappa shape index (κ3) is 5.98. The summed E-state index contributed by atoms with van der Waals surface area (Å²) < 4.78 is 0. The zero-order chi connectivity index (χ0) is 27.4. The summed E-state index contributed by atoms with van der Waals surface area (Å²) in [4.78, 5) is 13.1. The van der Waals surface area contributed by atoms with Crippen LogP contribution in [0.3, 0.4) is 0 Å². The lowest BCUT2D eigenvalue weighted by atomic mass is 10.1. The minimum Gasteiger partial charge on any atom is -0.344 e. The van der Waals surface area contributed by atoms with Crippen molar-refractivity contribution in [3.8, 4) is 0 Å². The number of halogens is 2. The highest BCUT2D eigenvalue weighted by Gasteiger charge is 2.10. The van der Waals surface area contributed by atoms with E-state index < -0.39 is 0 Å². The molecular weight excluding hydrogens is 523 g/mol. The minimum absolute atomic E-state index is 0.708. The molecule has 0 atom stereocenters. The molecule has 0 aliphatic heterocycles. The van der Waals surface area contributed by atoms with Crippen LogP contribution in [-0.4, -0.2) is 24.1 Å². The minimum atomic E-state index is 0.708. The standard InChI is InChI=1S/C17H15ClN2.C16H13ClN2/c1-12-3-6-14(7-4-12)20(2)17-9-10-19-16-11-13(18)5-8-15(16)17;1-19(13-8-6-12(17)7-9-13)16-10-11-18-15-5-3-2-4-14(15)16/h3-11H,1-2H3;2-11H,1H3. The fourth-order valence-electron chi connectivity index (χ4n) is 4.48. The SMILES string of the molecule is CN(c1ccc(Cl)cc1)c1ccnc2ccccc12.Cc1ccc(N(C)c2ccnc3cc(Cl)ccc23)cc1. The van der Waals surface area contributed by atoms with Crippen molar-refractivity contribution in [2.24, 2.45) is 0 Å². The molecule has 0 bridgehead atoms. The first-order chi connectivity index (χ1) is 18.9. The molecule has 4 nitrogen and oxygen atoms in total. The Morgan fingerprint density at radius 2 is 1.05 bits per heavy atom. The molecule has 0 radical (unpaired) electrons. The second-order valence-electron chi connectivity index (χ2n) is 9.27. The molecule has 6 heteroatoms. The predicted molar refractivity (Wildman–Crippen MR) is 167 cm³/mol. The maximum Gasteiger partial charge on any atom is 0.0737 e. The Labute approximate surface area is 239 Å². The van der Waals surface area contributed by atoms with Crippen molar-refractivity contribution >= 4 is 67.8 Å². The summed E-state index contributed by atoms with van der Waals surface area (Å²) in [6, 6.07) is 34.3. The van der Waals surface area contributed by atoms with Crippen LogP contribution in [0.25, 0.3) is 21.8 Å². The first-order valence-corrected chi connectivity index (χ1v) is 13.3. The van der Waals surface area contributed by atoms with Gasteiger partial charge in [0.15, 0.2) is 0 Å². The number of hydrogen-bond acceptors (Lipinski definition) is 4. The molecule has 39 heavy (non-hydrogen) atoms. The lowest BCUT2D eigenvalue weighted by Gasteiger charge is -2.21. The highest BCUT2D eigenvalue weighted by atomic mass is 35.5. The van der Waals surface area contributed by atoms with Gasteiger partial charge in [-0.05, 0) is 79.7 Å². The van der Waals surface area contributed by atoms with Crippen molar-refractivity contribution in [2.75, 3.05) is 23.9 Å². The molecule has 0 aliphatic rings. The fraction of sp³-hybridized carbons (Fsp3) is 0.0909. The molecule has 2 heterocycles. The van der Waals surface area contributed by atoms with E-state index in [1.807, 2.05) is 92.2 Å². The average Bonchev–Trinajstić information content (AvgIpc) is 2.97. The molecule has 0 fully saturated rings. The number of aromatic nitrogens is 2. The first-order valence-electron chi connectivity index (χ1n) is 12.6. The molecule has 2 aromatic heterocycles. The Kier molecular flexibility index (Phi) is 7.97. The molecular formula is C33H28Cl2N4. The molecule has 194 valence electrons. The van der Waals surface area contributed by atoms with Crippen LogP contribution >= 0.6 is 23.2 Å². The lowest BCUT2D eigenvalue weighted by Crippen LogP contribution is -2.10. The summed E-state index contributed by atoms with van der Waals surface area (Å²) in [6.07, 6.45) is 3.66. The topological polar surface area (TPSA) is 32.3 Å². The number of benzene rings is 4. The Hall–Kier alpha value is -4.12. The van der Waals surface area contributed by atoms with Crippen LogP contribution in [0.15, 0.2) is 116 Å². The van der Waals surface area contributed by atoms with Crippen molar-refractivity contribution in [1.29, 1.82) is 0 Å².